The molecule has 0 aromatic rings. The van der Waals surface area contributed by atoms with Crippen molar-refractivity contribution in [3.8, 4) is 12.3 Å². The summed E-state index contributed by atoms with van der Waals surface area (Å²) in [6.45, 7) is 5.84. The summed E-state index contributed by atoms with van der Waals surface area (Å²) < 4.78 is 0. The van der Waals surface area contributed by atoms with E-state index >= 15 is 0 Å². The Morgan fingerprint density at radius 1 is 1.50 bits per heavy atom. The Hall–Kier alpha value is -1.05. The van der Waals surface area contributed by atoms with Gasteiger partial charge in [0.2, 0.25) is 5.91 Å². The molecule has 0 aromatic carbocycles. The number of nitrogens with one attached hydrogen (secondary N) is 2. The second kappa shape index (κ2) is 7.26. The van der Waals surface area contributed by atoms with E-state index in [0.717, 1.165) is 32.5 Å². The Morgan fingerprint density at radius 2 is 2.19 bits per heavy atom. The van der Waals surface area contributed by atoms with Crippen LogP contribution >= 0.6 is 0 Å². The second-order valence-electron chi connectivity index (χ2n) is 4.09. The van der Waals surface area contributed by atoms with Crippen LogP contribution < -0.4 is 10.6 Å². The van der Waals surface area contributed by atoms with E-state index in [4.69, 9.17) is 6.42 Å². The quantitative estimate of drug-likeness (QED) is 0.635. The fourth-order valence-corrected chi connectivity index (χ4v) is 1.92. The molecule has 90 valence electrons. The van der Waals surface area contributed by atoms with Gasteiger partial charge in [-0.3, -0.25) is 9.69 Å². The molecule has 1 aliphatic heterocycles. The average molecular weight is 223 g/mol. The molecular formula is C12H21N3O. The fourth-order valence-electron chi connectivity index (χ4n) is 1.92. The minimum atomic E-state index is 0.0774. The van der Waals surface area contributed by atoms with Crippen LogP contribution in [0.1, 0.15) is 19.8 Å². The first-order chi connectivity index (χ1) is 7.76. The van der Waals surface area contributed by atoms with Crippen LogP contribution in [0, 0.1) is 12.3 Å². The van der Waals surface area contributed by atoms with E-state index in [2.05, 4.69) is 21.5 Å². The highest BCUT2D eigenvalue weighted by Gasteiger charge is 2.18. The molecule has 0 aliphatic carbocycles. The van der Waals surface area contributed by atoms with Crippen molar-refractivity contribution < 1.29 is 4.79 Å². The monoisotopic (exact) mass is 223 g/mol. The Balaban J connectivity index is 2.13. The van der Waals surface area contributed by atoms with Gasteiger partial charge in [0, 0.05) is 25.7 Å². The number of likely N-dealkylation sites (tertiary alicyclic amines) is 1. The third kappa shape index (κ3) is 4.65. The van der Waals surface area contributed by atoms with Crippen LogP contribution in [0.15, 0.2) is 0 Å². The molecule has 4 heteroatoms. The molecule has 1 amide bonds. The lowest BCUT2D eigenvalue weighted by atomic mass is 10.1. The molecule has 1 aliphatic rings. The Morgan fingerprint density at radius 3 is 2.75 bits per heavy atom. The molecule has 1 heterocycles. The highest BCUT2D eigenvalue weighted by atomic mass is 16.1. The zero-order valence-electron chi connectivity index (χ0n) is 9.96. The van der Waals surface area contributed by atoms with Crippen molar-refractivity contribution >= 4 is 5.91 Å². The Bertz CT molecular complexity index is 251. The van der Waals surface area contributed by atoms with E-state index in [1.165, 1.54) is 0 Å². The predicted octanol–water partition coefficient (Wildman–Crippen LogP) is -0.190. The Kier molecular flexibility index (Phi) is 5.91. The molecule has 0 aromatic heterocycles. The van der Waals surface area contributed by atoms with E-state index in [0.29, 0.717) is 19.1 Å². The topological polar surface area (TPSA) is 44.4 Å². The minimum Gasteiger partial charge on any atom is -0.355 e. The lowest BCUT2D eigenvalue weighted by molar-refractivity contribution is -0.120. The van der Waals surface area contributed by atoms with Crippen molar-refractivity contribution in [3.63, 3.8) is 0 Å². The van der Waals surface area contributed by atoms with Crippen LogP contribution in [-0.4, -0.2) is 49.6 Å². The first-order valence-electron chi connectivity index (χ1n) is 5.92. The number of piperidine rings is 1. The molecule has 0 atom stereocenters. The summed E-state index contributed by atoms with van der Waals surface area (Å²) >= 11 is 0. The molecule has 0 radical (unpaired) electrons. The van der Waals surface area contributed by atoms with Crippen molar-refractivity contribution in [2.75, 3.05) is 32.7 Å². The van der Waals surface area contributed by atoms with Crippen LogP contribution in [0.5, 0.6) is 0 Å². The number of carbonyl (C=O) groups excluding carboxylic acids is 1. The lowest BCUT2D eigenvalue weighted by Gasteiger charge is -2.30. The van der Waals surface area contributed by atoms with Gasteiger partial charge >= 0.3 is 0 Å². The van der Waals surface area contributed by atoms with Gasteiger partial charge in [0.1, 0.15) is 0 Å². The van der Waals surface area contributed by atoms with E-state index in [1.807, 2.05) is 6.92 Å². The summed E-state index contributed by atoms with van der Waals surface area (Å²) in [5.41, 5.74) is 0. The minimum absolute atomic E-state index is 0.0774. The number of hydrogen-bond donors (Lipinski definition) is 2. The SMILES string of the molecule is C#CCN1CCC(NCC(=O)NCC)CC1. The van der Waals surface area contributed by atoms with E-state index in [1.54, 1.807) is 0 Å². The van der Waals surface area contributed by atoms with Gasteiger partial charge in [0.25, 0.3) is 0 Å². The first kappa shape index (κ1) is 13.0. The van der Waals surface area contributed by atoms with E-state index in [9.17, 15) is 4.79 Å². The third-order valence-corrected chi connectivity index (χ3v) is 2.83. The van der Waals surface area contributed by atoms with Crippen molar-refractivity contribution in [3.05, 3.63) is 0 Å². The standard InChI is InChI=1S/C12H21N3O/c1-3-7-15-8-5-11(6-9-15)14-10-12(16)13-4-2/h1,11,14H,4-10H2,2H3,(H,13,16). The number of carbonyl (C=O) groups is 1. The molecule has 0 unspecified atom stereocenters. The summed E-state index contributed by atoms with van der Waals surface area (Å²) in [6.07, 6.45) is 7.41. The summed E-state index contributed by atoms with van der Waals surface area (Å²) in [7, 11) is 0. The van der Waals surface area contributed by atoms with Crippen LogP contribution in [0.2, 0.25) is 0 Å². The molecule has 16 heavy (non-hydrogen) atoms. The van der Waals surface area contributed by atoms with Gasteiger partial charge < -0.3 is 10.6 Å². The first-order valence-corrected chi connectivity index (χ1v) is 5.92. The molecule has 1 saturated heterocycles. The maximum atomic E-state index is 11.2. The average Bonchev–Trinajstić information content (AvgIpc) is 2.29. The highest BCUT2D eigenvalue weighted by molar-refractivity contribution is 5.77. The largest absolute Gasteiger partial charge is 0.355 e. The molecule has 1 fully saturated rings. The van der Waals surface area contributed by atoms with Crippen molar-refractivity contribution in [1.29, 1.82) is 0 Å². The number of amides is 1. The number of hydrogen-bond acceptors (Lipinski definition) is 3. The van der Waals surface area contributed by atoms with E-state index in [-0.39, 0.29) is 5.91 Å². The number of rotatable bonds is 5. The number of likely N-dealkylation sites (N-methyl/N-ethyl adjacent to an activating group) is 1. The maximum absolute atomic E-state index is 11.2. The van der Waals surface area contributed by atoms with Gasteiger partial charge in [0.05, 0.1) is 13.1 Å². The van der Waals surface area contributed by atoms with Crippen LogP contribution in [0.4, 0.5) is 0 Å². The molecule has 0 spiro atoms. The smallest absolute Gasteiger partial charge is 0.233 e. The number of nitrogens with zero attached hydrogens (tertiary/aromatic N) is 1. The van der Waals surface area contributed by atoms with Crippen molar-refractivity contribution in [2.45, 2.75) is 25.8 Å². The normalized spacial score (nSPS) is 18.0. The van der Waals surface area contributed by atoms with Gasteiger partial charge in [-0.15, -0.1) is 6.42 Å². The maximum Gasteiger partial charge on any atom is 0.233 e. The van der Waals surface area contributed by atoms with Crippen LogP contribution in [0.25, 0.3) is 0 Å². The fraction of sp³-hybridized carbons (Fsp3) is 0.750. The predicted molar refractivity (Wildman–Crippen MR) is 65.0 cm³/mol. The lowest BCUT2D eigenvalue weighted by Crippen LogP contribution is -2.45. The second-order valence-corrected chi connectivity index (χ2v) is 4.09. The van der Waals surface area contributed by atoms with Gasteiger partial charge in [0.15, 0.2) is 0 Å². The molecule has 0 saturated carbocycles. The summed E-state index contributed by atoms with van der Waals surface area (Å²) in [6, 6.07) is 0.455. The van der Waals surface area contributed by atoms with Crippen LogP contribution in [0.3, 0.4) is 0 Å². The molecular weight excluding hydrogens is 202 g/mol. The third-order valence-electron chi connectivity index (χ3n) is 2.83. The van der Waals surface area contributed by atoms with Gasteiger partial charge in [-0.2, -0.15) is 0 Å². The summed E-state index contributed by atoms with van der Waals surface area (Å²) in [5.74, 6) is 2.74. The van der Waals surface area contributed by atoms with Gasteiger partial charge in [-0.1, -0.05) is 5.92 Å². The Labute approximate surface area is 97.8 Å². The zero-order chi connectivity index (χ0) is 11.8. The van der Waals surface area contributed by atoms with Crippen molar-refractivity contribution in [2.24, 2.45) is 0 Å². The van der Waals surface area contributed by atoms with Gasteiger partial charge in [-0.05, 0) is 19.8 Å². The highest BCUT2D eigenvalue weighted by Crippen LogP contribution is 2.09. The molecule has 0 bridgehead atoms. The van der Waals surface area contributed by atoms with Crippen molar-refractivity contribution in [1.82, 2.24) is 15.5 Å². The van der Waals surface area contributed by atoms with Gasteiger partial charge in [-0.25, -0.2) is 0 Å². The molecule has 1 rings (SSSR count). The van der Waals surface area contributed by atoms with E-state index < -0.39 is 0 Å². The summed E-state index contributed by atoms with van der Waals surface area (Å²) in [5, 5.41) is 6.05. The molecule has 4 nitrogen and oxygen atoms in total. The summed E-state index contributed by atoms with van der Waals surface area (Å²) in [4.78, 5) is 13.5. The zero-order valence-corrected chi connectivity index (χ0v) is 9.96. The van der Waals surface area contributed by atoms with Crippen LogP contribution in [-0.2, 0) is 4.79 Å². The number of terminal acetylenes is 1. The molecule has 2 N–H and O–H groups in total.